The molecular weight excluding hydrogens is 290 g/mol. The molecule has 6 heteroatoms. The Morgan fingerprint density at radius 3 is 2.26 bits per heavy atom. The first-order valence-corrected chi connectivity index (χ1v) is 7.43. The molecule has 2 N–H and O–H groups in total. The van der Waals surface area contributed by atoms with Gasteiger partial charge in [0.05, 0.1) is 11.4 Å². The van der Waals surface area contributed by atoms with E-state index in [0.29, 0.717) is 30.3 Å². The van der Waals surface area contributed by atoms with Crippen molar-refractivity contribution in [2.45, 2.75) is 6.42 Å². The van der Waals surface area contributed by atoms with Gasteiger partial charge in [-0.05, 0) is 30.7 Å². The predicted molar refractivity (Wildman–Crippen MR) is 88.7 cm³/mol. The molecule has 23 heavy (non-hydrogen) atoms. The molecule has 0 spiro atoms. The Hall–Kier alpha value is -2.86. The summed E-state index contributed by atoms with van der Waals surface area (Å²) >= 11 is 0. The van der Waals surface area contributed by atoms with Crippen LogP contribution in [0.15, 0.2) is 54.9 Å². The molecule has 3 rings (SSSR count). The van der Waals surface area contributed by atoms with Crippen molar-refractivity contribution in [3.8, 4) is 22.9 Å². The van der Waals surface area contributed by atoms with Crippen molar-refractivity contribution in [3.63, 3.8) is 0 Å². The lowest BCUT2D eigenvalue weighted by molar-refractivity contribution is 0.292. The van der Waals surface area contributed by atoms with E-state index in [4.69, 9.17) is 5.11 Å². The van der Waals surface area contributed by atoms with E-state index in [1.54, 1.807) is 12.4 Å². The van der Waals surface area contributed by atoms with Gasteiger partial charge in [0.15, 0.2) is 5.82 Å². The molecule has 0 aliphatic carbocycles. The van der Waals surface area contributed by atoms with E-state index >= 15 is 0 Å². The molecule has 116 valence electrons. The number of pyridine rings is 2. The maximum absolute atomic E-state index is 8.92. The Morgan fingerprint density at radius 1 is 0.870 bits per heavy atom. The van der Waals surface area contributed by atoms with Gasteiger partial charge in [-0.25, -0.2) is 9.97 Å². The highest BCUT2D eigenvalue weighted by Gasteiger charge is 2.10. The minimum atomic E-state index is 0.137. The molecule has 0 aromatic carbocycles. The second-order valence-electron chi connectivity index (χ2n) is 4.90. The molecule has 3 heterocycles. The van der Waals surface area contributed by atoms with Crippen LogP contribution in [0.3, 0.4) is 0 Å². The Morgan fingerprint density at radius 2 is 1.61 bits per heavy atom. The van der Waals surface area contributed by atoms with Gasteiger partial charge in [0.25, 0.3) is 0 Å². The average molecular weight is 307 g/mol. The number of rotatable bonds is 6. The summed E-state index contributed by atoms with van der Waals surface area (Å²) in [6, 6.07) is 13.2. The zero-order chi connectivity index (χ0) is 15.9. The highest BCUT2D eigenvalue weighted by molar-refractivity contribution is 5.63. The van der Waals surface area contributed by atoms with Crippen LogP contribution >= 0.6 is 0 Å². The summed E-state index contributed by atoms with van der Waals surface area (Å²) in [7, 11) is 0. The fourth-order valence-corrected chi connectivity index (χ4v) is 2.09. The highest BCUT2D eigenvalue weighted by Crippen LogP contribution is 2.21. The van der Waals surface area contributed by atoms with E-state index in [0.717, 1.165) is 11.4 Å². The summed E-state index contributed by atoms with van der Waals surface area (Å²) in [6.07, 6.45) is 4.10. The molecule has 6 nitrogen and oxygen atoms in total. The van der Waals surface area contributed by atoms with E-state index in [-0.39, 0.29) is 6.61 Å². The molecule has 3 aromatic rings. The number of nitrogens with one attached hydrogen (secondary N) is 1. The average Bonchev–Trinajstić information content (AvgIpc) is 2.63. The number of aliphatic hydroxyl groups is 1. The van der Waals surface area contributed by atoms with Gasteiger partial charge in [0, 0.05) is 31.6 Å². The van der Waals surface area contributed by atoms with Crippen molar-refractivity contribution in [2.75, 3.05) is 18.5 Å². The maximum Gasteiger partial charge on any atom is 0.180 e. The van der Waals surface area contributed by atoms with Crippen LogP contribution in [0.5, 0.6) is 0 Å². The fourth-order valence-electron chi connectivity index (χ4n) is 2.09. The third-order valence-electron chi connectivity index (χ3n) is 3.19. The maximum atomic E-state index is 8.92. The van der Waals surface area contributed by atoms with E-state index < -0.39 is 0 Å². The van der Waals surface area contributed by atoms with Crippen LogP contribution in [0.1, 0.15) is 6.42 Å². The van der Waals surface area contributed by atoms with Crippen LogP contribution in [0, 0.1) is 0 Å². The molecule has 0 saturated carbocycles. The lowest BCUT2D eigenvalue weighted by atomic mass is 10.2. The number of aliphatic hydroxyl groups excluding tert-OH is 1. The molecule has 0 bridgehead atoms. The van der Waals surface area contributed by atoms with Crippen LogP contribution in [-0.4, -0.2) is 38.2 Å². The Labute approximate surface area is 134 Å². The van der Waals surface area contributed by atoms with Gasteiger partial charge < -0.3 is 10.4 Å². The molecule has 0 saturated heterocycles. The number of aromatic nitrogens is 4. The Kier molecular flexibility index (Phi) is 4.85. The van der Waals surface area contributed by atoms with E-state index in [2.05, 4.69) is 25.3 Å². The van der Waals surface area contributed by atoms with E-state index in [1.165, 1.54) is 0 Å². The third kappa shape index (κ3) is 3.87. The van der Waals surface area contributed by atoms with Crippen molar-refractivity contribution in [3.05, 3.63) is 54.9 Å². The van der Waals surface area contributed by atoms with Gasteiger partial charge in [0.2, 0.25) is 0 Å². The largest absolute Gasteiger partial charge is 0.396 e. The molecule has 3 aromatic heterocycles. The van der Waals surface area contributed by atoms with Gasteiger partial charge in [-0.2, -0.15) is 0 Å². The summed E-state index contributed by atoms with van der Waals surface area (Å²) in [5.74, 6) is 1.23. The first-order valence-electron chi connectivity index (χ1n) is 7.43. The first kappa shape index (κ1) is 15.1. The number of nitrogens with zero attached hydrogens (tertiary/aromatic N) is 4. The van der Waals surface area contributed by atoms with Gasteiger partial charge in [0.1, 0.15) is 11.5 Å². The normalized spacial score (nSPS) is 10.5. The van der Waals surface area contributed by atoms with Crippen LogP contribution in [0.25, 0.3) is 22.9 Å². The number of anilines is 1. The minimum Gasteiger partial charge on any atom is -0.396 e. The summed E-state index contributed by atoms with van der Waals surface area (Å²) in [5, 5.41) is 12.1. The summed E-state index contributed by atoms with van der Waals surface area (Å²) in [4.78, 5) is 17.7. The van der Waals surface area contributed by atoms with Crippen LogP contribution in [0.2, 0.25) is 0 Å². The second kappa shape index (κ2) is 7.42. The lowest BCUT2D eigenvalue weighted by Crippen LogP contribution is -2.07. The number of hydrogen-bond donors (Lipinski definition) is 2. The molecule has 0 atom stereocenters. The quantitative estimate of drug-likeness (QED) is 0.680. The van der Waals surface area contributed by atoms with Gasteiger partial charge in [-0.3, -0.25) is 9.97 Å². The van der Waals surface area contributed by atoms with Crippen molar-refractivity contribution >= 4 is 5.82 Å². The van der Waals surface area contributed by atoms with Gasteiger partial charge in [-0.15, -0.1) is 0 Å². The standard InChI is InChI=1S/C17H17N5O/c23-11-5-10-20-16-12-15(13-6-1-3-8-18-13)21-17(22-16)14-7-2-4-9-19-14/h1-4,6-9,12,23H,5,10-11H2,(H,20,21,22). The van der Waals surface area contributed by atoms with Crippen LogP contribution < -0.4 is 5.32 Å². The van der Waals surface area contributed by atoms with E-state index in [9.17, 15) is 0 Å². The molecule has 0 unspecified atom stereocenters. The summed E-state index contributed by atoms with van der Waals surface area (Å²) in [6.45, 7) is 0.773. The molecule has 0 radical (unpaired) electrons. The Balaban J connectivity index is 2.00. The molecule has 0 aliphatic heterocycles. The predicted octanol–water partition coefficient (Wildman–Crippen LogP) is 2.39. The zero-order valence-corrected chi connectivity index (χ0v) is 12.6. The second-order valence-corrected chi connectivity index (χ2v) is 4.90. The van der Waals surface area contributed by atoms with Crippen molar-refractivity contribution in [1.82, 2.24) is 19.9 Å². The smallest absolute Gasteiger partial charge is 0.180 e. The lowest BCUT2D eigenvalue weighted by Gasteiger charge is -2.09. The SMILES string of the molecule is OCCCNc1cc(-c2ccccn2)nc(-c2ccccn2)n1. The van der Waals surface area contributed by atoms with Crippen LogP contribution in [0.4, 0.5) is 5.82 Å². The molecule has 0 fully saturated rings. The van der Waals surface area contributed by atoms with Crippen molar-refractivity contribution < 1.29 is 5.11 Å². The van der Waals surface area contributed by atoms with Crippen LogP contribution in [-0.2, 0) is 0 Å². The molecule has 0 aliphatic rings. The minimum absolute atomic E-state index is 0.137. The van der Waals surface area contributed by atoms with E-state index in [1.807, 2.05) is 42.5 Å². The van der Waals surface area contributed by atoms with Crippen molar-refractivity contribution in [2.24, 2.45) is 0 Å². The molecule has 0 amide bonds. The highest BCUT2D eigenvalue weighted by atomic mass is 16.3. The Bertz CT molecular complexity index is 692. The fraction of sp³-hybridized carbons (Fsp3) is 0.176. The summed E-state index contributed by atoms with van der Waals surface area (Å²) < 4.78 is 0. The first-order chi connectivity index (χ1) is 11.4. The monoisotopic (exact) mass is 307 g/mol. The zero-order valence-electron chi connectivity index (χ0n) is 12.6. The van der Waals surface area contributed by atoms with Crippen molar-refractivity contribution in [1.29, 1.82) is 0 Å². The topological polar surface area (TPSA) is 83.8 Å². The third-order valence-corrected chi connectivity index (χ3v) is 3.19. The molecular formula is C17H17N5O. The summed E-state index contributed by atoms with van der Waals surface area (Å²) in [5.41, 5.74) is 2.21. The van der Waals surface area contributed by atoms with Gasteiger partial charge in [-0.1, -0.05) is 12.1 Å². The van der Waals surface area contributed by atoms with Gasteiger partial charge >= 0.3 is 0 Å². The number of hydrogen-bond acceptors (Lipinski definition) is 6.